The maximum Gasteiger partial charge on any atom is 0.262 e. The van der Waals surface area contributed by atoms with Crippen LogP contribution in [0.25, 0.3) is 0 Å². The van der Waals surface area contributed by atoms with Gasteiger partial charge in [-0.2, -0.15) is 0 Å². The number of hydrazine groups is 1. The summed E-state index contributed by atoms with van der Waals surface area (Å²) in [6.45, 7) is 0.322. The zero-order valence-corrected chi connectivity index (χ0v) is 8.76. The van der Waals surface area contributed by atoms with Gasteiger partial charge in [-0.3, -0.25) is 20.2 Å². The van der Waals surface area contributed by atoms with Crippen LogP contribution in [0.3, 0.4) is 0 Å². The first-order valence-corrected chi connectivity index (χ1v) is 5.09. The number of nitrogens with one attached hydrogen (secondary N) is 1. The number of aliphatic hydroxyl groups is 1. The third-order valence-electron chi connectivity index (χ3n) is 2.29. The first-order chi connectivity index (χ1) is 7.81. The molecule has 84 valence electrons. The highest BCUT2D eigenvalue weighted by Crippen LogP contribution is 2.04. The molecule has 0 aliphatic carbocycles. The van der Waals surface area contributed by atoms with Gasteiger partial charge in [-0.05, 0) is 0 Å². The lowest BCUT2D eigenvalue weighted by Gasteiger charge is -2.27. The van der Waals surface area contributed by atoms with Crippen LogP contribution < -0.4 is 5.43 Å². The highest BCUT2D eigenvalue weighted by atomic mass is 16.3. The Balaban J connectivity index is 2.16. The minimum absolute atomic E-state index is 0.0686. The predicted molar refractivity (Wildman–Crippen MR) is 59.8 cm³/mol. The Hall–Kier alpha value is -1.88. The average molecular weight is 219 g/mol. The molecule has 2 N–H and O–H groups in total. The number of carbonyl (C=O) groups is 1. The molecule has 0 radical (unpaired) electrons. The minimum Gasteiger partial charge on any atom is -0.394 e. The van der Waals surface area contributed by atoms with Crippen molar-refractivity contribution in [2.75, 3.05) is 19.7 Å². The monoisotopic (exact) mass is 219 g/mol. The molecule has 1 aromatic carbocycles. The summed E-state index contributed by atoms with van der Waals surface area (Å²) in [4.78, 5) is 15.6. The lowest BCUT2D eigenvalue weighted by atomic mass is 10.2. The standard InChI is InChI=1S/C11H13N3O2/c15-7-6-14-10(16)8-12-11(13-14)9-4-2-1-3-5-9/h1-5,15H,6-8H2,(H,12,13). The number of β-amino-alcohol motifs (C(OH)–C–C–N with tert-alkyl or cyclic N) is 1. The van der Waals surface area contributed by atoms with Gasteiger partial charge in [0.2, 0.25) is 0 Å². The predicted octanol–water partition coefficient (Wildman–Crippen LogP) is -0.228. The maximum absolute atomic E-state index is 11.4. The van der Waals surface area contributed by atoms with E-state index in [0.717, 1.165) is 5.56 Å². The van der Waals surface area contributed by atoms with E-state index in [2.05, 4.69) is 10.4 Å². The van der Waals surface area contributed by atoms with Gasteiger partial charge in [-0.15, -0.1) is 0 Å². The fourth-order valence-corrected chi connectivity index (χ4v) is 1.49. The largest absolute Gasteiger partial charge is 0.394 e. The Kier molecular flexibility index (Phi) is 3.16. The number of amidine groups is 1. The first-order valence-electron chi connectivity index (χ1n) is 5.09. The molecule has 1 amide bonds. The van der Waals surface area contributed by atoms with Gasteiger partial charge < -0.3 is 5.11 Å². The molecule has 1 aliphatic heterocycles. The molecule has 0 saturated carbocycles. The number of aliphatic imine (C=N–C) groups is 1. The van der Waals surface area contributed by atoms with Gasteiger partial charge in [0.25, 0.3) is 5.91 Å². The van der Waals surface area contributed by atoms with Crippen LogP contribution in [0.1, 0.15) is 5.56 Å². The fraction of sp³-hybridized carbons (Fsp3) is 0.273. The zero-order chi connectivity index (χ0) is 11.4. The van der Waals surface area contributed by atoms with Gasteiger partial charge in [-0.1, -0.05) is 30.3 Å². The van der Waals surface area contributed by atoms with Crippen molar-refractivity contribution in [1.29, 1.82) is 0 Å². The second-order valence-electron chi connectivity index (χ2n) is 3.41. The van der Waals surface area contributed by atoms with Gasteiger partial charge in [0, 0.05) is 5.56 Å². The molecule has 5 nitrogen and oxygen atoms in total. The van der Waals surface area contributed by atoms with Crippen LogP contribution in [0.4, 0.5) is 0 Å². The van der Waals surface area contributed by atoms with E-state index in [4.69, 9.17) is 5.11 Å². The van der Waals surface area contributed by atoms with E-state index in [1.54, 1.807) is 0 Å². The molecule has 0 spiro atoms. The number of hydrogen-bond acceptors (Lipinski definition) is 4. The Morgan fingerprint density at radius 3 is 2.81 bits per heavy atom. The normalized spacial score (nSPS) is 15.7. The summed E-state index contributed by atoms with van der Waals surface area (Å²) in [5, 5.41) is 10.2. The molecule has 0 saturated heterocycles. The smallest absolute Gasteiger partial charge is 0.262 e. The van der Waals surface area contributed by atoms with Gasteiger partial charge in [0.1, 0.15) is 12.4 Å². The lowest BCUT2D eigenvalue weighted by molar-refractivity contribution is -0.132. The maximum atomic E-state index is 11.4. The van der Waals surface area contributed by atoms with E-state index in [-0.39, 0.29) is 25.6 Å². The molecule has 0 bridgehead atoms. The fourth-order valence-electron chi connectivity index (χ4n) is 1.49. The second-order valence-corrected chi connectivity index (χ2v) is 3.41. The number of nitrogens with zero attached hydrogens (tertiary/aromatic N) is 2. The molecule has 1 heterocycles. The van der Waals surface area contributed by atoms with Gasteiger partial charge in [0.15, 0.2) is 0 Å². The topological polar surface area (TPSA) is 64.9 Å². The molecule has 16 heavy (non-hydrogen) atoms. The third-order valence-corrected chi connectivity index (χ3v) is 2.29. The van der Waals surface area contributed by atoms with Gasteiger partial charge >= 0.3 is 0 Å². The van der Waals surface area contributed by atoms with Gasteiger partial charge in [0.05, 0.1) is 13.2 Å². The van der Waals surface area contributed by atoms with Crippen LogP contribution in [0.5, 0.6) is 0 Å². The Morgan fingerprint density at radius 1 is 1.38 bits per heavy atom. The van der Waals surface area contributed by atoms with Crippen molar-refractivity contribution in [3.63, 3.8) is 0 Å². The van der Waals surface area contributed by atoms with Crippen molar-refractivity contribution >= 4 is 11.7 Å². The molecule has 0 aromatic heterocycles. The van der Waals surface area contributed by atoms with E-state index in [0.29, 0.717) is 5.84 Å². The number of amides is 1. The molecule has 2 rings (SSSR count). The van der Waals surface area contributed by atoms with E-state index >= 15 is 0 Å². The summed E-state index contributed by atoms with van der Waals surface area (Å²) in [6, 6.07) is 9.57. The number of aliphatic hydroxyl groups excluding tert-OH is 1. The van der Waals surface area contributed by atoms with E-state index in [1.165, 1.54) is 5.01 Å². The van der Waals surface area contributed by atoms with Crippen LogP contribution in [-0.2, 0) is 4.79 Å². The van der Waals surface area contributed by atoms with Crippen molar-refractivity contribution < 1.29 is 9.90 Å². The number of carbonyl (C=O) groups excluding carboxylic acids is 1. The summed E-state index contributed by atoms with van der Waals surface area (Å²) in [5.74, 6) is 0.530. The molecule has 0 atom stereocenters. The van der Waals surface area contributed by atoms with Crippen molar-refractivity contribution in [2.45, 2.75) is 0 Å². The van der Waals surface area contributed by atoms with E-state index < -0.39 is 0 Å². The Labute approximate surface area is 93.4 Å². The molecular formula is C11H13N3O2. The third kappa shape index (κ3) is 2.20. The van der Waals surface area contributed by atoms with Crippen LogP contribution in [0, 0.1) is 0 Å². The Bertz CT molecular complexity index is 403. The molecular weight excluding hydrogens is 206 g/mol. The van der Waals surface area contributed by atoms with Crippen LogP contribution in [-0.4, -0.2) is 41.6 Å². The minimum atomic E-state index is -0.131. The molecule has 5 heteroatoms. The summed E-state index contributed by atoms with van der Waals surface area (Å²) in [7, 11) is 0. The van der Waals surface area contributed by atoms with Crippen LogP contribution in [0.2, 0.25) is 0 Å². The van der Waals surface area contributed by atoms with Crippen molar-refractivity contribution in [2.24, 2.45) is 4.99 Å². The first kappa shape index (κ1) is 10.6. The van der Waals surface area contributed by atoms with E-state index in [9.17, 15) is 4.79 Å². The average Bonchev–Trinajstić information content (AvgIpc) is 2.33. The molecule has 0 unspecified atom stereocenters. The molecule has 1 aromatic rings. The summed E-state index contributed by atoms with van der Waals surface area (Å²) in [6.07, 6.45) is 0. The summed E-state index contributed by atoms with van der Waals surface area (Å²) in [5.41, 5.74) is 3.82. The SMILES string of the molecule is O=C1CN=C(c2ccccc2)NN1CCO. The highest BCUT2D eigenvalue weighted by molar-refractivity contribution is 6.02. The summed E-state index contributed by atoms with van der Waals surface area (Å²) >= 11 is 0. The van der Waals surface area contributed by atoms with Crippen molar-refractivity contribution in [1.82, 2.24) is 10.4 Å². The quantitative estimate of drug-likeness (QED) is 0.738. The van der Waals surface area contributed by atoms with Crippen molar-refractivity contribution in [3.05, 3.63) is 35.9 Å². The van der Waals surface area contributed by atoms with Gasteiger partial charge in [-0.25, -0.2) is 0 Å². The zero-order valence-electron chi connectivity index (χ0n) is 8.76. The van der Waals surface area contributed by atoms with E-state index in [1.807, 2.05) is 30.3 Å². The molecule has 1 aliphatic rings. The second kappa shape index (κ2) is 4.76. The molecule has 0 fully saturated rings. The number of hydrogen-bond donors (Lipinski definition) is 2. The Morgan fingerprint density at radius 2 is 2.12 bits per heavy atom. The number of benzene rings is 1. The van der Waals surface area contributed by atoms with Crippen LogP contribution >= 0.6 is 0 Å². The highest BCUT2D eigenvalue weighted by Gasteiger charge is 2.19. The number of rotatable bonds is 3. The summed E-state index contributed by atoms with van der Waals surface area (Å²) < 4.78 is 0. The van der Waals surface area contributed by atoms with Crippen LogP contribution in [0.15, 0.2) is 35.3 Å². The van der Waals surface area contributed by atoms with Crippen molar-refractivity contribution in [3.8, 4) is 0 Å². The lowest BCUT2D eigenvalue weighted by Crippen LogP contribution is -2.52.